The molecule has 1 heterocycles. The van der Waals surface area contributed by atoms with Gasteiger partial charge in [-0.2, -0.15) is 0 Å². The number of aromatic nitrogens is 1. The normalized spacial score (nSPS) is 11.3. The van der Waals surface area contributed by atoms with Gasteiger partial charge in [-0.25, -0.2) is 0 Å². The fraction of sp³-hybridized carbons (Fsp3) is 0.500. The van der Waals surface area contributed by atoms with Crippen molar-refractivity contribution in [3.63, 3.8) is 0 Å². The van der Waals surface area contributed by atoms with Crippen LogP contribution in [0.15, 0.2) is 30.5 Å². The topological polar surface area (TPSA) is 46.4 Å². The number of aliphatic hydroxyl groups is 1. The monoisotopic (exact) mass is 276 g/mol. The standard InChI is InChI=1S/C16H24N2O2/c1-2-8-18-13-14(12-17-7-10-20-11-9-19)15-5-3-4-6-16(15)18/h3-6,13,17,19H,2,7-12H2,1H3. The van der Waals surface area contributed by atoms with Gasteiger partial charge in [-0.1, -0.05) is 25.1 Å². The number of hydrogen-bond donors (Lipinski definition) is 2. The van der Waals surface area contributed by atoms with Crippen LogP contribution in [-0.2, 0) is 17.8 Å². The predicted octanol–water partition coefficient (Wildman–Crippen LogP) is 2.15. The maximum absolute atomic E-state index is 8.62. The molecule has 2 aromatic rings. The first kappa shape index (κ1) is 15.0. The molecule has 0 radical (unpaired) electrons. The second-order valence-electron chi connectivity index (χ2n) is 4.88. The summed E-state index contributed by atoms with van der Waals surface area (Å²) in [5.41, 5.74) is 2.64. The number of benzene rings is 1. The van der Waals surface area contributed by atoms with Crippen molar-refractivity contribution >= 4 is 10.9 Å². The molecule has 0 aliphatic heterocycles. The van der Waals surface area contributed by atoms with Crippen LogP contribution in [0, 0.1) is 0 Å². The Balaban J connectivity index is 1.95. The zero-order valence-corrected chi connectivity index (χ0v) is 12.1. The van der Waals surface area contributed by atoms with Crippen molar-refractivity contribution in [2.75, 3.05) is 26.4 Å². The van der Waals surface area contributed by atoms with Crippen LogP contribution in [0.25, 0.3) is 10.9 Å². The van der Waals surface area contributed by atoms with Gasteiger partial charge in [-0.05, 0) is 18.1 Å². The van der Waals surface area contributed by atoms with Crippen molar-refractivity contribution < 1.29 is 9.84 Å². The molecule has 1 aromatic heterocycles. The first-order valence-electron chi connectivity index (χ1n) is 7.33. The Labute approximate surface area is 120 Å². The summed E-state index contributed by atoms with van der Waals surface area (Å²) >= 11 is 0. The number of nitrogens with one attached hydrogen (secondary N) is 1. The molecule has 0 atom stereocenters. The number of nitrogens with zero attached hydrogens (tertiary/aromatic N) is 1. The summed E-state index contributed by atoms with van der Waals surface area (Å²) in [5, 5.41) is 13.3. The van der Waals surface area contributed by atoms with Crippen LogP contribution < -0.4 is 5.32 Å². The molecule has 4 nitrogen and oxygen atoms in total. The smallest absolute Gasteiger partial charge is 0.0698 e. The van der Waals surface area contributed by atoms with Crippen LogP contribution in [-0.4, -0.2) is 36.0 Å². The van der Waals surface area contributed by atoms with E-state index in [4.69, 9.17) is 9.84 Å². The first-order chi connectivity index (χ1) is 9.86. The summed E-state index contributed by atoms with van der Waals surface area (Å²) in [6.45, 7) is 6.04. The van der Waals surface area contributed by atoms with Crippen LogP contribution in [0.1, 0.15) is 18.9 Å². The second kappa shape index (κ2) is 8.04. The highest BCUT2D eigenvalue weighted by Crippen LogP contribution is 2.21. The van der Waals surface area contributed by atoms with E-state index in [1.54, 1.807) is 0 Å². The Hall–Kier alpha value is -1.36. The van der Waals surface area contributed by atoms with Gasteiger partial charge in [0.15, 0.2) is 0 Å². The molecule has 0 bridgehead atoms. The summed E-state index contributed by atoms with van der Waals surface area (Å²) in [7, 11) is 0. The maximum atomic E-state index is 8.62. The van der Waals surface area contributed by atoms with Gasteiger partial charge in [0.1, 0.15) is 0 Å². The molecule has 20 heavy (non-hydrogen) atoms. The quantitative estimate of drug-likeness (QED) is 0.690. The van der Waals surface area contributed by atoms with Crippen LogP contribution >= 0.6 is 0 Å². The van der Waals surface area contributed by atoms with Gasteiger partial charge in [0, 0.05) is 36.7 Å². The largest absolute Gasteiger partial charge is 0.394 e. The van der Waals surface area contributed by atoms with Crippen molar-refractivity contribution in [1.29, 1.82) is 0 Å². The van der Waals surface area contributed by atoms with Crippen LogP contribution in [0.5, 0.6) is 0 Å². The summed E-state index contributed by atoms with van der Waals surface area (Å²) in [5.74, 6) is 0. The third-order valence-electron chi connectivity index (χ3n) is 3.31. The van der Waals surface area contributed by atoms with E-state index >= 15 is 0 Å². The molecule has 4 heteroatoms. The molecule has 2 N–H and O–H groups in total. The lowest BCUT2D eigenvalue weighted by Gasteiger charge is -2.04. The fourth-order valence-electron chi connectivity index (χ4n) is 2.42. The summed E-state index contributed by atoms with van der Waals surface area (Å²) in [6.07, 6.45) is 3.39. The minimum Gasteiger partial charge on any atom is -0.394 e. The Morgan fingerprint density at radius 3 is 2.90 bits per heavy atom. The van der Waals surface area contributed by atoms with Gasteiger partial charge >= 0.3 is 0 Å². The van der Waals surface area contributed by atoms with E-state index in [1.165, 1.54) is 16.5 Å². The van der Waals surface area contributed by atoms with Crippen molar-refractivity contribution in [3.05, 3.63) is 36.0 Å². The highest BCUT2D eigenvalue weighted by molar-refractivity contribution is 5.83. The molecular formula is C16H24N2O2. The highest BCUT2D eigenvalue weighted by Gasteiger charge is 2.06. The average Bonchev–Trinajstić information content (AvgIpc) is 2.82. The Kier molecular flexibility index (Phi) is 6.05. The minimum atomic E-state index is 0.0878. The van der Waals surface area contributed by atoms with Gasteiger partial charge in [0.2, 0.25) is 0 Å². The molecular weight excluding hydrogens is 252 g/mol. The Bertz CT molecular complexity index is 522. The maximum Gasteiger partial charge on any atom is 0.0698 e. The molecule has 0 unspecified atom stereocenters. The molecule has 110 valence electrons. The van der Waals surface area contributed by atoms with E-state index in [9.17, 15) is 0 Å². The van der Waals surface area contributed by atoms with Crippen molar-refractivity contribution in [1.82, 2.24) is 9.88 Å². The molecule has 0 saturated carbocycles. The van der Waals surface area contributed by atoms with E-state index in [-0.39, 0.29) is 6.61 Å². The number of ether oxygens (including phenoxy) is 1. The summed E-state index contributed by atoms with van der Waals surface area (Å²) in [6, 6.07) is 8.54. The third-order valence-corrected chi connectivity index (χ3v) is 3.31. The predicted molar refractivity (Wildman–Crippen MR) is 81.8 cm³/mol. The van der Waals surface area contributed by atoms with Crippen LogP contribution in [0.2, 0.25) is 0 Å². The third kappa shape index (κ3) is 3.82. The number of fused-ring (bicyclic) bond motifs is 1. The van der Waals surface area contributed by atoms with E-state index in [2.05, 4.69) is 47.3 Å². The van der Waals surface area contributed by atoms with Crippen molar-refractivity contribution in [2.24, 2.45) is 0 Å². The molecule has 2 rings (SSSR count). The Morgan fingerprint density at radius 2 is 2.10 bits per heavy atom. The molecule has 0 spiro atoms. The van der Waals surface area contributed by atoms with Gasteiger partial charge in [-0.3, -0.25) is 0 Å². The summed E-state index contributed by atoms with van der Waals surface area (Å²) in [4.78, 5) is 0. The lowest BCUT2D eigenvalue weighted by Crippen LogP contribution is -2.19. The number of hydrogen-bond acceptors (Lipinski definition) is 3. The van der Waals surface area contributed by atoms with Crippen LogP contribution in [0.3, 0.4) is 0 Å². The molecule has 0 fully saturated rings. The SMILES string of the molecule is CCCn1cc(CNCCOCCO)c2ccccc21. The molecule has 0 saturated heterocycles. The van der Waals surface area contributed by atoms with Gasteiger partial charge in [0.05, 0.1) is 19.8 Å². The Morgan fingerprint density at radius 1 is 1.25 bits per heavy atom. The van der Waals surface area contributed by atoms with Crippen LogP contribution in [0.4, 0.5) is 0 Å². The van der Waals surface area contributed by atoms with E-state index in [0.29, 0.717) is 13.2 Å². The number of para-hydroxylation sites is 1. The van der Waals surface area contributed by atoms with E-state index < -0.39 is 0 Å². The lowest BCUT2D eigenvalue weighted by atomic mass is 10.2. The zero-order chi connectivity index (χ0) is 14.2. The van der Waals surface area contributed by atoms with Gasteiger partial charge in [-0.15, -0.1) is 0 Å². The zero-order valence-electron chi connectivity index (χ0n) is 12.1. The van der Waals surface area contributed by atoms with Gasteiger partial charge < -0.3 is 19.7 Å². The van der Waals surface area contributed by atoms with Gasteiger partial charge in [0.25, 0.3) is 0 Å². The van der Waals surface area contributed by atoms with Crippen molar-refractivity contribution in [3.8, 4) is 0 Å². The number of rotatable bonds is 9. The first-order valence-corrected chi connectivity index (χ1v) is 7.33. The van der Waals surface area contributed by atoms with E-state index in [1.807, 2.05) is 0 Å². The molecule has 0 aliphatic carbocycles. The highest BCUT2D eigenvalue weighted by atomic mass is 16.5. The van der Waals surface area contributed by atoms with E-state index in [0.717, 1.165) is 26.1 Å². The summed E-state index contributed by atoms with van der Waals surface area (Å²) < 4.78 is 7.56. The van der Waals surface area contributed by atoms with Crippen molar-refractivity contribution in [2.45, 2.75) is 26.4 Å². The molecule has 0 aliphatic rings. The lowest BCUT2D eigenvalue weighted by molar-refractivity contribution is 0.0938. The molecule has 1 aromatic carbocycles. The number of aryl methyl sites for hydroxylation is 1. The molecule has 0 amide bonds. The fourth-order valence-corrected chi connectivity index (χ4v) is 2.42. The minimum absolute atomic E-state index is 0.0878. The average molecular weight is 276 g/mol. The second-order valence-corrected chi connectivity index (χ2v) is 4.88. The number of aliphatic hydroxyl groups excluding tert-OH is 1.